The Morgan fingerprint density at radius 2 is 1.67 bits per heavy atom. The van der Waals surface area contributed by atoms with E-state index < -0.39 is 5.60 Å². The third-order valence-electron chi connectivity index (χ3n) is 3.74. The fourth-order valence-electron chi connectivity index (χ4n) is 2.50. The first-order valence-electron chi connectivity index (χ1n) is 7.92. The summed E-state index contributed by atoms with van der Waals surface area (Å²) in [5, 5.41) is 0. The lowest BCUT2D eigenvalue weighted by Crippen LogP contribution is -2.51. The number of methoxy groups -OCH3 is 1. The Morgan fingerprint density at radius 1 is 1.08 bits per heavy atom. The van der Waals surface area contributed by atoms with Gasteiger partial charge in [0.1, 0.15) is 11.4 Å². The molecule has 1 aromatic carbocycles. The summed E-state index contributed by atoms with van der Waals surface area (Å²) in [5.41, 5.74) is 6.21. The van der Waals surface area contributed by atoms with Gasteiger partial charge >= 0.3 is 6.09 Å². The van der Waals surface area contributed by atoms with Crippen LogP contribution < -0.4 is 10.5 Å². The number of carbonyl (C=O) groups is 2. The minimum atomic E-state index is -0.529. The van der Waals surface area contributed by atoms with Crippen molar-refractivity contribution >= 4 is 17.7 Å². The number of carbonyl (C=O) groups excluding carboxylic acids is 2. The Labute approximate surface area is 142 Å². The van der Waals surface area contributed by atoms with E-state index in [4.69, 9.17) is 15.2 Å². The number of rotatable bonds is 2. The van der Waals surface area contributed by atoms with E-state index in [0.29, 0.717) is 43.2 Å². The number of anilines is 1. The smallest absolute Gasteiger partial charge is 0.410 e. The predicted molar refractivity (Wildman–Crippen MR) is 91.1 cm³/mol. The van der Waals surface area contributed by atoms with E-state index in [0.717, 1.165) is 0 Å². The number of nitrogen functional groups attached to an aromatic ring is 1. The van der Waals surface area contributed by atoms with E-state index in [-0.39, 0.29) is 12.0 Å². The Balaban J connectivity index is 2.00. The molecule has 7 nitrogen and oxygen atoms in total. The van der Waals surface area contributed by atoms with Gasteiger partial charge in [-0.25, -0.2) is 4.79 Å². The molecule has 0 bridgehead atoms. The molecule has 1 aliphatic rings. The molecule has 1 fully saturated rings. The molecular weight excluding hydrogens is 310 g/mol. The quantitative estimate of drug-likeness (QED) is 0.835. The van der Waals surface area contributed by atoms with Crippen LogP contribution >= 0.6 is 0 Å². The fraction of sp³-hybridized carbons (Fsp3) is 0.529. The Kier molecular flexibility index (Phi) is 5.21. The minimum absolute atomic E-state index is 0.157. The van der Waals surface area contributed by atoms with Crippen molar-refractivity contribution in [2.45, 2.75) is 26.4 Å². The molecule has 0 aromatic heterocycles. The largest absolute Gasteiger partial charge is 0.495 e. The van der Waals surface area contributed by atoms with Gasteiger partial charge in [0, 0.05) is 26.2 Å². The molecule has 2 N–H and O–H groups in total. The molecule has 0 spiro atoms. The summed E-state index contributed by atoms with van der Waals surface area (Å²) in [6, 6.07) is 5.13. The third kappa shape index (κ3) is 4.10. The summed E-state index contributed by atoms with van der Waals surface area (Å²) in [7, 11) is 1.51. The van der Waals surface area contributed by atoms with Crippen LogP contribution in [0.1, 0.15) is 31.1 Å². The molecule has 2 amide bonds. The molecule has 132 valence electrons. The zero-order valence-electron chi connectivity index (χ0n) is 14.7. The maximum atomic E-state index is 12.6. The van der Waals surface area contributed by atoms with Crippen LogP contribution in [0.4, 0.5) is 10.5 Å². The van der Waals surface area contributed by atoms with E-state index in [1.54, 1.807) is 28.0 Å². The Bertz CT molecular complexity index is 617. The lowest BCUT2D eigenvalue weighted by atomic mass is 10.1. The second-order valence-electron chi connectivity index (χ2n) is 6.68. The van der Waals surface area contributed by atoms with Gasteiger partial charge in [-0.2, -0.15) is 0 Å². The van der Waals surface area contributed by atoms with Gasteiger partial charge in [0.15, 0.2) is 0 Å². The highest BCUT2D eigenvalue weighted by Crippen LogP contribution is 2.26. The van der Waals surface area contributed by atoms with Gasteiger partial charge in [-0.3, -0.25) is 4.79 Å². The van der Waals surface area contributed by atoms with E-state index in [1.165, 1.54) is 7.11 Å². The van der Waals surface area contributed by atoms with Crippen molar-refractivity contribution < 1.29 is 19.1 Å². The van der Waals surface area contributed by atoms with Crippen molar-refractivity contribution in [3.05, 3.63) is 23.8 Å². The molecular formula is C17H25N3O4. The van der Waals surface area contributed by atoms with Crippen molar-refractivity contribution in [2.75, 3.05) is 39.0 Å². The summed E-state index contributed by atoms with van der Waals surface area (Å²) in [5.74, 6) is 0.323. The first kappa shape index (κ1) is 17.9. The fourth-order valence-corrected chi connectivity index (χ4v) is 2.50. The number of piperazine rings is 1. The maximum absolute atomic E-state index is 12.6. The number of amides is 2. The van der Waals surface area contributed by atoms with E-state index >= 15 is 0 Å². The first-order chi connectivity index (χ1) is 11.2. The molecule has 2 rings (SSSR count). The highest BCUT2D eigenvalue weighted by molar-refractivity contribution is 6.00. The summed E-state index contributed by atoms with van der Waals surface area (Å²) >= 11 is 0. The van der Waals surface area contributed by atoms with Crippen LogP contribution in [0.15, 0.2) is 18.2 Å². The van der Waals surface area contributed by atoms with E-state index in [1.807, 2.05) is 20.8 Å². The van der Waals surface area contributed by atoms with Crippen LogP contribution in [0, 0.1) is 0 Å². The van der Waals surface area contributed by atoms with Crippen molar-refractivity contribution in [1.29, 1.82) is 0 Å². The lowest BCUT2D eigenvalue weighted by molar-refractivity contribution is 0.0141. The van der Waals surface area contributed by atoms with Crippen molar-refractivity contribution in [3.8, 4) is 5.75 Å². The molecule has 7 heteroatoms. The number of para-hydroxylation sites is 1. The number of benzene rings is 1. The summed E-state index contributed by atoms with van der Waals surface area (Å²) in [6.45, 7) is 7.24. The van der Waals surface area contributed by atoms with Gasteiger partial charge in [0.25, 0.3) is 5.91 Å². The van der Waals surface area contributed by atoms with Gasteiger partial charge in [0.05, 0.1) is 18.4 Å². The topological polar surface area (TPSA) is 85.1 Å². The van der Waals surface area contributed by atoms with Gasteiger partial charge in [0.2, 0.25) is 0 Å². The molecule has 1 aromatic rings. The van der Waals surface area contributed by atoms with Crippen LogP contribution in [-0.2, 0) is 4.74 Å². The summed E-state index contributed by atoms with van der Waals surface area (Å²) in [4.78, 5) is 28.0. The average molecular weight is 335 g/mol. The molecule has 1 aliphatic heterocycles. The molecule has 24 heavy (non-hydrogen) atoms. The van der Waals surface area contributed by atoms with Crippen LogP contribution in [0.5, 0.6) is 5.75 Å². The second kappa shape index (κ2) is 6.98. The van der Waals surface area contributed by atoms with Crippen molar-refractivity contribution in [3.63, 3.8) is 0 Å². The SMILES string of the molecule is COc1cccc(C(=O)N2CCN(C(=O)OC(C)(C)C)CC2)c1N. The molecule has 0 aliphatic carbocycles. The normalized spacial score (nSPS) is 15.2. The number of nitrogens with two attached hydrogens (primary N) is 1. The monoisotopic (exact) mass is 335 g/mol. The molecule has 0 unspecified atom stereocenters. The molecule has 0 atom stereocenters. The predicted octanol–water partition coefficient (Wildman–Crippen LogP) is 1.97. The molecule has 1 heterocycles. The average Bonchev–Trinajstić information content (AvgIpc) is 2.53. The highest BCUT2D eigenvalue weighted by atomic mass is 16.6. The molecule has 1 saturated heterocycles. The summed E-state index contributed by atoms with van der Waals surface area (Å²) < 4.78 is 10.5. The van der Waals surface area contributed by atoms with E-state index in [9.17, 15) is 9.59 Å². The standard InChI is InChI=1S/C17H25N3O4/c1-17(2,3)24-16(22)20-10-8-19(9-11-20)15(21)12-6-5-7-13(23-4)14(12)18/h5-7H,8-11,18H2,1-4H3. The number of nitrogens with zero attached hydrogens (tertiary/aromatic N) is 2. The highest BCUT2D eigenvalue weighted by Gasteiger charge is 2.28. The Morgan fingerprint density at radius 3 is 2.21 bits per heavy atom. The van der Waals surface area contributed by atoms with Crippen LogP contribution in [0.2, 0.25) is 0 Å². The Hall–Kier alpha value is -2.44. The first-order valence-corrected chi connectivity index (χ1v) is 7.92. The van der Waals surface area contributed by atoms with Gasteiger partial charge < -0.3 is 25.0 Å². The number of hydrogen-bond acceptors (Lipinski definition) is 5. The minimum Gasteiger partial charge on any atom is -0.495 e. The number of ether oxygens (including phenoxy) is 2. The summed E-state index contributed by atoms with van der Waals surface area (Å²) in [6.07, 6.45) is -0.351. The zero-order chi connectivity index (χ0) is 17.9. The number of hydrogen-bond donors (Lipinski definition) is 1. The van der Waals surface area contributed by atoms with Crippen molar-refractivity contribution in [1.82, 2.24) is 9.80 Å². The van der Waals surface area contributed by atoms with Crippen molar-refractivity contribution in [2.24, 2.45) is 0 Å². The third-order valence-corrected chi connectivity index (χ3v) is 3.74. The van der Waals surface area contributed by atoms with Gasteiger partial charge in [-0.05, 0) is 32.9 Å². The molecule has 0 saturated carbocycles. The van der Waals surface area contributed by atoms with Crippen LogP contribution in [-0.4, -0.2) is 60.7 Å². The molecule has 0 radical (unpaired) electrons. The maximum Gasteiger partial charge on any atom is 0.410 e. The van der Waals surface area contributed by atoms with Crippen LogP contribution in [0.3, 0.4) is 0 Å². The van der Waals surface area contributed by atoms with Crippen LogP contribution in [0.25, 0.3) is 0 Å². The lowest BCUT2D eigenvalue weighted by Gasteiger charge is -2.35. The zero-order valence-corrected chi connectivity index (χ0v) is 14.7. The second-order valence-corrected chi connectivity index (χ2v) is 6.68. The van der Waals surface area contributed by atoms with Gasteiger partial charge in [-0.1, -0.05) is 6.07 Å². The van der Waals surface area contributed by atoms with E-state index in [2.05, 4.69) is 0 Å². The van der Waals surface area contributed by atoms with Gasteiger partial charge in [-0.15, -0.1) is 0 Å².